The van der Waals surface area contributed by atoms with Crippen LogP contribution in [0.1, 0.15) is 39.4 Å². The first-order valence-corrected chi connectivity index (χ1v) is 11.4. The molecule has 0 fully saturated rings. The summed E-state index contributed by atoms with van der Waals surface area (Å²) < 4.78 is 23.6. The van der Waals surface area contributed by atoms with Crippen LogP contribution in [0, 0.1) is 5.82 Å². The second kappa shape index (κ2) is 9.49. The van der Waals surface area contributed by atoms with Crippen molar-refractivity contribution in [3.8, 4) is 17.2 Å². The van der Waals surface area contributed by atoms with Crippen LogP contribution in [0.4, 0.5) is 10.1 Å². The molecule has 0 spiro atoms. The highest BCUT2D eigenvalue weighted by Crippen LogP contribution is 2.27. The van der Waals surface area contributed by atoms with Gasteiger partial charge in [-0.3, -0.25) is 24.0 Å². The van der Waals surface area contributed by atoms with Gasteiger partial charge in [-0.25, -0.2) is 9.07 Å². The molecule has 0 aliphatic carbocycles. The van der Waals surface area contributed by atoms with Crippen LogP contribution >= 0.6 is 0 Å². The van der Waals surface area contributed by atoms with Gasteiger partial charge in [-0.1, -0.05) is 18.2 Å². The molecule has 36 heavy (non-hydrogen) atoms. The van der Waals surface area contributed by atoms with Crippen molar-refractivity contribution in [1.82, 2.24) is 14.3 Å². The van der Waals surface area contributed by atoms with Crippen molar-refractivity contribution in [2.24, 2.45) is 5.73 Å². The van der Waals surface area contributed by atoms with Crippen LogP contribution in [0.3, 0.4) is 0 Å². The number of halogens is 1. The summed E-state index contributed by atoms with van der Waals surface area (Å²) in [5, 5.41) is 2.64. The molecule has 2 aromatic heterocycles. The lowest BCUT2D eigenvalue weighted by Crippen LogP contribution is -2.25. The molecular formula is C26H22FN5O4. The number of carbonyl (C=O) groups is 2. The second-order valence-corrected chi connectivity index (χ2v) is 8.30. The molecule has 0 atom stereocenters. The average Bonchev–Trinajstić information content (AvgIpc) is 3.18. The summed E-state index contributed by atoms with van der Waals surface area (Å²) in [7, 11) is 0. The summed E-state index contributed by atoms with van der Waals surface area (Å²) in [6.07, 6.45) is 3.69. The van der Waals surface area contributed by atoms with Crippen LogP contribution in [0.25, 0.3) is 5.69 Å². The average molecular weight is 487 g/mol. The number of aromatic nitrogens is 3. The number of amides is 2. The Morgan fingerprint density at radius 3 is 2.61 bits per heavy atom. The predicted octanol–water partition coefficient (Wildman–Crippen LogP) is 3.65. The van der Waals surface area contributed by atoms with Crippen molar-refractivity contribution >= 4 is 17.5 Å². The maximum atomic E-state index is 14.8. The molecule has 5 rings (SSSR count). The SMILES string of the molecule is NC(=O)c1cc(Oc2ccc(NC(=O)c3c4n(n(-c5ccccc5)c3=O)CCCC4)cc2F)ccn1. The number of fused-ring (bicyclic) bond motifs is 1. The fraction of sp³-hybridized carbons (Fsp3) is 0.154. The summed E-state index contributed by atoms with van der Waals surface area (Å²) in [4.78, 5) is 41.6. The smallest absolute Gasteiger partial charge is 0.284 e. The Morgan fingerprint density at radius 2 is 1.86 bits per heavy atom. The lowest BCUT2D eigenvalue weighted by molar-refractivity contribution is 0.0993. The summed E-state index contributed by atoms with van der Waals surface area (Å²) in [5.74, 6) is -2.03. The molecule has 4 aromatic rings. The molecular weight excluding hydrogens is 465 g/mol. The standard InChI is InChI=1S/C26H22FN5O4/c27-19-14-16(9-10-22(19)36-18-11-12-29-20(15-18)24(28)33)30-25(34)23-21-8-4-5-13-31(21)32(26(23)35)17-6-2-1-3-7-17/h1-3,6-7,9-12,14-15H,4-5,8,13H2,(H2,28,33)(H,30,34). The maximum Gasteiger partial charge on any atom is 0.284 e. The number of ether oxygens (including phenoxy) is 1. The quantitative estimate of drug-likeness (QED) is 0.430. The molecule has 9 nitrogen and oxygen atoms in total. The van der Waals surface area contributed by atoms with E-state index in [4.69, 9.17) is 10.5 Å². The number of hydrogen-bond acceptors (Lipinski definition) is 5. The van der Waals surface area contributed by atoms with E-state index in [-0.39, 0.29) is 28.4 Å². The van der Waals surface area contributed by atoms with Crippen LogP contribution in [0.5, 0.6) is 11.5 Å². The van der Waals surface area contributed by atoms with E-state index in [1.165, 1.54) is 35.1 Å². The molecule has 0 unspecified atom stereocenters. The molecule has 2 amide bonds. The Bertz CT molecular complexity index is 1530. The molecule has 3 heterocycles. The monoisotopic (exact) mass is 487 g/mol. The fourth-order valence-corrected chi connectivity index (χ4v) is 4.28. The number of benzene rings is 2. The number of anilines is 1. The highest BCUT2D eigenvalue weighted by atomic mass is 19.1. The molecule has 0 bridgehead atoms. The minimum Gasteiger partial charge on any atom is -0.454 e. The van der Waals surface area contributed by atoms with E-state index < -0.39 is 23.2 Å². The molecule has 3 N–H and O–H groups in total. The Balaban J connectivity index is 1.41. The zero-order valence-electron chi connectivity index (χ0n) is 19.1. The molecule has 10 heteroatoms. The van der Waals surface area contributed by atoms with Gasteiger partial charge in [-0.2, -0.15) is 0 Å². The molecule has 2 aromatic carbocycles. The Morgan fingerprint density at radius 1 is 1.06 bits per heavy atom. The normalized spacial score (nSPS) is 12.6. The van der Waals surface area contributed by atoms with Crippen LogP contribution in [0.2, 0.25) is 0 Å². The van der Waals surface area contributed by atoms with E-state index in [0.29, 0.717) is 24.3 Å². The van der Waals surface area contributed by atoms with Crippen LogP contribution in [-0.4, -0.2) is 26.2 Å². The fourth-order valence-electron chi connectivity index (χ4n) is 4.28. The zero-order chi connectivity index (χ0) is 25.2. The first-order chi connectivity index (χ1) is 17.4. The topological polar surface area (TPSA) is 121 Å². The Labute approximate surface area is 204 Å². The summed E-state index contributed by atoms with van der Waals surface area (Å²) in [6, 6.07) is 15.8. The van der Waals surface area contributed by atoms with E-state index in [1.54, 1.807) is 0 Å². The van der Waals surface area contributed by atoms with Gasteiger partial charge in [0.1, 0.15) is 17.0 Å². The third-order valence-electron chi connectivity index (χ3n) is 5.91. The number of carbonyl (C=O) groups excluding carboxylic acids is 2. The van der Waals surface area contributed by atoms with E-state index in [9.17, 15) is 18.8 Å². The van der Waals surface area contributed by atoms with Gasteiger partial charge in [-0.15, -0.1) is 0 Å². The number of hydrogen-bond donors (Lipinski definition) is 2. The number of nitrogens with two attached hydrogens (primary N) is 1. The number of primary amides is 1. The summed E-state index contributed by atoms with van der Waals surface area (Å²) >= 11 is 0. The van der Waals surface area contributed by atoms with Crippen LogP contribution < -0.4 is 21.3 Å². The summed E-state index contributed by atoms with van der Waals surface area (Å²) in [5.41, 5.74) is 6.33. The van der Waals surface area contributed by atoms with Gasteiger partial charge in [0.15, 0.2) is 11.6 Å². The van der Waals surface area contributed by atoms with Crippen molar-refractivity contribution in [1.29, 1.82) is 0 Å². The van der Waals surface area contributed by atoms with E-state index in [0.717, 1.165) is 18.9 Å². The number of rotatable bonds is 6. The molecule has 0 radical (unpaired) electrons. The maximum absolute atomic E-state index is 14.8. The molecule has 1 aliphatic heterocycles. The third-order valence-corrected chi connectivity index (χ3v) is 5.91. The van der Waals surface area contributed by atoms with Gasteiger partial charge in [0.2, 0.25) is 0 Å². The van der Waals surface area contributed by atoms with Gasteiger partial charge in [0, 0.05) is 30.6 Å². The van der Waals surface area contributed by atoms with Gasteiger partial charge in [0.25, 0.3) is 17.4 Å². The van der Waals surface area contributed by atoms with E-state index in [2.05, 4.69) is 10.3 Å². The highest BCUT2D eigenvalue weighted by molar-refractivity contribution is 6.05. The highest BCUT2D eigenvalue weighted by Gasteiger charge is 2.27. The van der Waals surface area contributed by atoms with Crippen molar-refractivity contribution in [3.05, 3.63) is 100.0 Å². The number of pyridine rings is 1. The van der Waals surface area contributed by atoms with Gasteiger partial charge < -0.3 is 15.8 Å². The van der Waals surface area contributed by atoms with Crippen molar-refractivity contribution in [2.75, 3.05) is 5.32 Å². The van der Waals surface area contributed by atoms with Crippen molar-refractivity contribution in [2.45, 2.75) is 25.8 Å². The lowest BCUT2D eigenvalue weighted by atomic mass is 10.1. The number of nitrogens with one attached hydrogen (secondary N) is 1. The largest absolute Gasteiger partial charge is 0.454 e. The van der Waals surface area contributed by atoms with Crippen molar-refractivity contribution in [3.63, 3.8) is 0 Å². The Kier molecular flexibility index (Phi) is 6.07. The number of para-hydroxylation sites is 1. The lowest BCUT2D eigenvalue weighted by Gasteiger charge is -2.19. The summed E-state index contributed by atoms with van der Waals surface area (Å²) in [6.45, 7) is 0.625. The first-order valence-electron chi connectivity index (χ1n) is 11.4. The predicted molar refractivity (Wildman–Crippen MR) is 130 cm³/mol. The minimum absolute atomic E-state index is 0.0196. The Hall–Kier alpha value is -4.73. The van der Waals surface area contributed by atoms with E-state index in [1.807, 2.05) is 35.0 Å². The zero-order valence-corrected chi connectivity index (χ0v) is 19.1. The molecule has 1 aliphatic rings. The van der Waals surface area contributed by atoms with Gasteiger partial charge in [0.05, 0.1) is 11.4 Å². The van der Waals surface area contributed by atoms with E-state index >= 15 is 0 Å². The number of nitrogens with zero attached hydrogens (tertiary/aromatic N) is 3. The second-order valence-electron chi connectivity index (χ2n) is 8.30. The van der Waals surface area contributed by atoms with Crippen LogP contribution in [-0.2, 0) is 13.0 Å². The molecule has 0 saturated carbocycles. The van der Waals surface area contributed by atoms with Gasteiger partial charge in [-0.05, 0) is 49.6 Å². The molecule has 0 saturated heterocycles. The minimum atomic E-state index is -0.745. The third kappa shape index (κ3) is 4.36. The van der Waals surface area contributed by atoms with Crippen LogP contribution in [0.15, 0.2) is 71.7 Å². The molecule has 182 valence electrons. The van der Waals surface area contributed by atoms with Gasteiger partial charge >= 0.3 is 0 Å². The first kappa shape index (κ1) is 23.0. The van der Waals surface area contributed by atoms with Crippen molar-refractivity contribution < 1.29 is 18.7 Å².